The van der Waals surface area contributed by atoms with Crippen LogP contribution in [0.1, 0.15) is 38.4 Å². The highest BCUT2D eigenvalue weighted by Crippen LogP contribution is 2.27. The Morgan fingerprint density at radius 1 is 1.21 bits per heavy atom. The topological polar surface area (TPSA) is 59.8 Å². The van der Waals surface area contributed by atoms with Crippen molar-refractivity contribution in [2.45, 2.75) is 46.1 Å². The van der Waals surface area contributed by atoms with Gasteiger partial charge in [0.2, 0.25) is 5.91 Å². The Bertz CT molecular complexity index is 700. The predicted molar refractivity (Wildman–Crippen MR) is 97.4 cm³/mol. The molecule has 7 heteroatoms. The average Bonchev–Trinajstić information content (AvgIpc) is 2.90. The molecule has 2 rings (SSSR count). The molecule has 24 heavy (non-hydrogen) atoms. The van der Waals surface area contributed by atoms with Gasteiger partial charge in [0.25, 0.3) is 0 Å². The third kappa shape index (κ3) is 5.21. The lowest BCUT2D eigenvalue weighted by molar-refractivity contribution is -0.121. The fraction of sp³-hybridized carbons (Fsp3) is 0.471. The standard InChI is InChI=1S/C17H22Cl2N4O/c1-3-4-5-6-9-20-16(24)11-23-17(21-12(2)22-23)13-7-8-14(18)15(19)10-13/h7-8,10H,3-6,9,11H2,1-2H3,(H,20,24). The van der Waals surface area contributed by atoms with Crippen LogP contribution >= 0.6 is 23.2 Å². The first-order valence-corrected chi connectivity index (χ1v) is 8.90. The Hall–Kier alpha value is -1.59. The molecule has 0 atom stereocenters. The molecule has 0 aliphatic heterocycles. The fourth-order valence-corrected chi connectivity index (χ4v) is 2.68. The predicted octanol–water partition coefficient (Wildman–Crippen LogP) is 4.26. The van der Waals surface area contributed by atoms with Gasteiger partial charge in [-0.05, 0) is 31.5 Å². The molecule has 1 amide bonds. The number of hydrogen-bond donors (Lipinski definition) is 1. The summed E-state index contributed by atoms with van der Waals surface area (Å²) in [4.78, 5) is 16.5. The number of nitrogens with one attached hydrogen (secondary N) is 1. The van der Waals surface area contributed by atoms with Crippen molar-refractivity contribution in [3.8, 4) is 11.4 Å². The minimum absolute atomic E-state index is 0.0716. The van der Waals surface area contributed by atoms with E-state index >= 15 is 0 Å². The number of unbranched alkanes of at least 4 members (excludes halogenated alkanes) is 3. The van der Waals surface area contributed by atoms with Crippen molar-refractivity contribution >= 4 is 29.1 Å². The van der Waals surface area contributed by atoms with Gasteiger partial charge in [0, 0.05) is 12.1 Å². The largest absolute Gasteiger partial charge is 0.354 e. The van der Waals surface area contributed by atoms with E-state index < -0.39 is 0 Å². The second-order valence-corrected chi connectivity index (χ2v) is 6.49. The number of carbonyl (C=O) groups excluding carboxylic acids is 1. The van der Waals surface area contributed by atoms with Crippen LogP contribution in [-0.4, -0.2) is 27.2 Å². The van der Waals surface area contributed by atoms with Gasteiger partial charge in [-0.3, -0.25) is 4.79 Å². The molecule has 1 N–H and O–H groups in total. The van der Waals surface area contributed by atoms with E-state index in [0.29, 0.717) is 28.2 Å². The lowest BCUT2D eigenvalue weighted by Gasteiger charge is -2.08. The molecule has 0 radical (unpaired) electrons. The van der Waals surface area contributed by atoms with Gasteiger partial charge in [0.1, 0.15) is 12.4 Å². The molecule has 0 unspecified atom stereocenters. The van der Waals surface area contributed by atoms with Crippen LogP contribution in [0.3, 0.4) is 0 Å². The molecule has 1 aromatic heterocycles. The van der Waals surface area contributed by atoms with Crippen molar-refractivity contribution in [1.82, 2.24) is 20.1 Å². The minimum Gasteiger partial charge on any atom is -0.354 e. The number of aromatic nitrogens is 3. The molecular formula is C17H22Cl2N4O. The van der Waals surface area contributed by atoms with E-state index in [1.165, 1.54) is 12.8 Å². The summed E-state index contributed by atoms with van der Waals surface area (Å²) in [5.74, 6) is 1.14. The van der Waals surface area contributed by atoms with E-state index in [4.69, 9.17) is 23.2 Å². The molecule has 1 heterocycles. The normalized spacial score (nSPS) is 10.8. The van der Waals surface area contributed by atoms with Gasteiger partial charge in [-0.1, -0.05) is 49.4 Å². The number of nitrogens with zero attached hydrogens (tertiary/aromatic N) is 3. The monoisotopic (exact) mass is 368 g/mol. The Morgan fingerprint density at radius 3 is 2.71 bits per heavy atom. The maximum absolute atomic E-state index is 12.1. The fourth-order valence-electron chi connectivity index (χ4n) is 2.39. The quantitative estimate of drug-likeness (QED) is 0.708. The summed E-state index contributed by atoms with van der Waals surface area (Å²) in [5, 5.41) is 8.15. The molecule has 0 bridgehead atoms. The van der Waals surface area contributed by atoms with Crippen molar-refractivity contribution in [2.24, 2.45) is 0 Å². The van der Waals surface area contributed by atoms with Gasteiger partial charge in [0.15, 0.2) is 5.82 Å². The van der Waals surface area contributed by atoms with Crippen LogP contribution in [0.4, 0.5) is 0 Å². The second kappa shape index (κ2) is 9.04. The minimum atomic E-state index is -0.0716. The van der Waals surface area contributed by atoms with Crippen LogP contribution in [0.15, 0.2) is 18.2 Å². The first kappa shape index (κ1) is 18.7. The van der Waals surface area contributed by atoms with E-state index in [2.05, 4.69) is 22.3 Å². The molecule has 0 saturated heterocycles. The average molecular weight is 369 g/mol. The summed E-state index contributed by atoms with van der Waals surface area (Å²) < 4.78 is 1.59. The smallest absolute Gasteiger partial charge is 0.241 e. The van der Waals surface area contributed by atoms with Gasteiger partial charge in [-0.2, -0.15) is 5.10 Å². The third-order valence-electron chi connectivity index (χ3n) is 3.60. The van der Waals surface area contributed by atoms with Crippen LogP contribution < -0.4 is 5.32 Å². The van der Waals surface area contributed by atoms with Crippen LogP contribution in [-0.2, 0) is 11.3 Å². The highest BCUT2D eigenvalue weighted by Gasteiger charge is 2.14. The molecule has 0 spiro atoms. The molecule has 2 aromatic rings. The van der Waals surface area contributed by atoms with Crippen molar-refractivity contribution < 1.29 is 4.79 Å². The second-order valence-electron chi connectivity index (χ2n) is 5.68. The highest BCUT2D eigenvalue weighted by molar-refractivity contribution is 6.42. The van der Waals surface area contributed by atoms with E-state index in [0.717, 1.165) is 18.4 Å². The van der Waals surface area contributed by atoms with Crippen LogP contribution in [0.5, 0.6) is 0 Å². The maximum atomic E-state index is 12.1. The molecule has 0 aliphatic rings. The van der Waals surface area contributed by atoms with Crippen LogP contribution in [0, 0.1) is 6.92 Å². The zero-order valence-corrected chi connectivity index (χ0v) is 15.5. The van der Waals surface area contributed by atoms with Crippen molar-refractivity contribution in [1.29, 1.82) is 0 Å². The van der Waals surface area contributed by atoms with Crippen molar-refractivity contribution in [3.05, 3.63) is 34.1 Å². The molecule has 130 valence electrons. The van der Waals surface area contributed by atoms with E-state index in [-0.39, 0.29) is 12.5 Å². The Labute approximate surface area is 152 Å². The van der Waals surface area contributed by atoms with E-state index in [9.17, 15) is 4.79 Å². The van der Waals surface area contributed by atoms with E-state index in [1.54, 1.807) is 23.7 Å². The Morgan fingerprint density at radius 2 is 2.00 bits per heavy atom. The number of rotatable bonds is 8. The zero-order chi connectivity index (χ0) is 17.5. The van der Waals surface area contributed by atoms with E-state index in [1.807, 2.05) is 6.07 Å². The van der Waals surface area contributed by atoms with Gasteiger partial charge in [-0.25, -0.2) is 9.67 Å². The Balaban J connectivity index is 2.03. The third-order valence-corrected chi connectivity index (χ3v) is 4.34. The Kier molecular flexibility index (Phi) is 7.06. The lowest BCUT2D eigenvalue weighted by Crippen LogP contribution is -2.29. The first-order valence-electron chi connectivity index (χ1n) is 8.14. The van der Waals surface area contributed by atoms with Gasteiger partial charge in [-0.15, -0.1) is 0 Å². The lowest BCUT2D eigenvalue weighted by atomic mass is 10.2. The summed E-state index contributed by atoms with van der Waals surface area (Å²) in [6.45, 7) is 4.77. The maximum Gasteiger partial charge on any atom is 0.241 e. The zero-order valence-electron chi connectivity index (χ0n) is 14.0. The highest BCUT2D eigenvalue weighted by atomic mass is 35.5. The number of hydrogen-bond acceptors (Lipinski definition) is 3. The van der Waals surface area contributed by atoms with Crippen LogP contribution in [0.25, 0.3) is 11.4 Å². The summed E-state index contributed by atoms with van der Waals surface area (Å²) in [6, 6.07) is 5.25. The first-order chi connectivity index (χ1) is 11.5. The van der Waals surface area contributed by atoms with Gasteiger partial charge < -0.3 is 5.32 Å². The number of halogens is 2. The molecule has 5 nitrogen and oxygen atoms in total. The molecular weight excluding hydrogens is 347 g/mol. The summed E-state index contributed by atoms with van der Waals surface area (Å²) in [7, 11) is 0. The summed E-state index contributed by atoms with van der Waals surface area (Å²) >= 11 is 12.0. The molecule has 0 saturated carbocycles. The number of carbonyl (C=O) groups is 1. The van der Waals surface area contributed by atoms with Crippen molar-refractivity contribution in [3.63, 3.8) is 0 Å². The van der Waals surface area contributed by atoms with Crippen molar-refractivity contribution in [2.75, 3.05) is 6.54 Å². The number of benzene rings is 1. The van der Waals surface area contributed by atoms with Gasteiger partial charge >= 0.3 is 0 Å². The van der Waals surface area contributed by atoms with Gasteiger partial charge in [0.05, 0.1) is 10.0 Å². The molecule has 0 aliphatic carbocycles. The molecule has 1 aromatic carbocycles. The molecule has 0 fully saturated rings. The summed E-state index contributed by atoms with van der Waals surface area (Å²) in [5.41, 5.74) is 0.778. The number of amides is 1. The number of aryl methyl sites for hydroxylation is 1. The summed E-state index contributed by atoms with van der Waals surface area (Å²) in [6.07, 6.45) is 4.50. The van der Waals surface area contributed by atoms with Crippen LogP contribution in [0.2, 0.25) is 10.0 Å². The SMILES string of the molecule is CCCCCCNC(=O)Cn1nc(C)nc1-c1ccc(Cl)c(Cl)c1.